The number of nitrogens with zero attached hydrogens (tertiary/aromatic N) is 3. The van der Waals surface area contributed by atoms with Gasteiger partial charge in [-0.2, -0.15) is 0 Å². The van der Waals surface area contributed by atoms with Gasteiger partial charge in [-0.1, -0.05) is 66.7 Å². The average molecular weight is 465 g/mol. The first-order chi connectivity index (χ1) is 17.3. The van der Waals surface area contributed by atoms with Crippen LogP contribution >= 0.6 is 0 Å². The van der Waals surface area contributed by atoms with Gasteiger partial charge in [0, 0.05) is 11.6 Å². The lowest BCUT2D eigenvalue weighted by molar-refractivity contribution is 0.307. The highest BCUT2D eigenvalue weighted by molar-refractivity contribution is 5.89. The molecule has 7 nitrogen and oxygen atoms in total. The van der Waals surface area contributed by atoms with Crippen molar-refractivity contribution in [2.45, 2.75) is 19.3 Å². The minimum absolute atomic E-state index is 0.154. The van der Waals surface area contributed by atoms with Crippen molar-refractivity contribution in [1.82, 2.24) is 20.6 Å². The predicted molar refractivity (Wildman–Crippen MR) is 136 cm³/mol. The number of rotatable bonds is 9. The van der Waals surface area contributed by atoms with Gasteiger partial charge >= 0.3 is 0 Å². The summed E-state index contributed by atoms with van der Waals surface area (Å²) in [5, 5.41) is 14.0. The number of aromatic nitrogens is 4. The molecule has 0 atom stereocenters. The number of aryl methyl sites for hydroxylation is 1. The Labute approximate surface area is 202 Å². The quantitative estimate of drug-likeness (QED) is 0.227. The number of ether oxygens (including phenoxy) is 1. The lowest BCUT2D eigenvalue weighted by atomic mass is 10.1. The molecular formula is C28H24N4O3. The molecule has 35 heavy (non-hydrogen) atoms. The highest BCUT2D eigenvalue weighted by Crippen LogP contribution is 2.24. The lowest BCUT2D eigenvalue weighted by Crippen LogP contribution is -2.01. The second-order valence-electron chi connectivity index (χ2n) is 8.14. The molecule has 0 aliphatic rings. The summed E-state index contributed by atoms with van der Waals surface area (Å²) in [7, 11) is 0. The van der Waals surface area contributed by atoms with E-state index >= 15 is 0 Å². The Balaban J connectivity index is 1.23. The van der Waals surface area contributed by atoms with Crippen LogP contribution in [0, 0.1) is 0 Å². The first kappa shape index (κ1) is 22.3. The monoisotopic (exact) mass is 464 g/mol. The number of nitrogens with one attached hydrogen (secondary N) is 1. The van der Waals surface area contributed by atoms with Crippen molar-refractivity contribution >= 4 is 23.1 Å². The van der Waals surface area contributed by atoms with Crippen LogP contribution in [0.1, 0.15) is 29.5 Å². The fourth-order valence-corrected chi connectivity index (χ4v) is 3.84. The molecule has 0 aliphatic heterocycles. The molecule has 5 rings (SSSR count). The number of unbranched alkanes of at least 4 members (excludes halogenated alkanes) is 1. The van der Waals surface area contributed by atoms with Gasteiger partial charge in [-0.05, 0) is 59.0 Å². The summed E-state index contributed by atoms with van der Waals surface area (Å²) in [6.45, 7) is 0.695. The Kier molecular flexibility index (Phi) is 6.75. The van der Waals surface area contributed by atoms with Crippen LogP contribution in [0.4, 0.5) is 0 Å². The standard InChI is InChI=1S/C28H24N4O3/c33-25-19-26(28-29-31-32-30-28)35-27-22(10-6-11-24(25)27)15-12-21-13-16-23(17-14-21)34-18-5-4-9-20-7-2-1-3-8-20/h1-3,6-8,10-17,19H,4-5,9,18H2,(H,29,30,31,32)/b15-12+. The summed E-state index contributed by atoms with van der Waals surface area (Å²) in [6.07, 6.45) is 7.07. The predicted octanol–water partition coefficient (Wildman–Crippen LogP) is 5.55. The van der Waals surface area contributed by atoms with E-state index < -0.39 is 0 Å². The van der Waals surface area contributed by atoms with Gasteiger partial charge in [0.15, 0.2) is 11.2 Å². The fourth-order valence-electron chi connectivity index (χ4n) is 3.84. The van der Waals surface area contributed by atoms with Gasteiger partial charge in [0.05, 0.1) is 12.0 Å². The van der Waals surface area contributed by atoms with Crippen LogP contribution in [-0.4, -0.2) is 27.2 Å². The highest BCUT2D eigenvalue weighted by atomic mass is 16.5. The molecule has 3 aromatic carbocycles. The third-order valence-electron chi connectivity index (χ3n) is 5.67. The van der Waals surface area contributed by atoms with Gasteiger partial charge in [-0.3, -0.25) is 4.79 Å². The minimum atomic E-state index is -0.154. The number of benzene rings is 3. The normalized spacial score (nSPS) is 11.3. The minimum Gasteiger partial charge on any atom is -0.494 e. The third-order valence-corrected chi connectivity index (χ3v) is 5.67. The maximum atomic E-state index is 12.6. The fraction of sp³-hybridized carbons (Fsp3) is 0.143. The van der Waals surface area contributed by atoms with Crippen molar-refractivity contribution in [2.75, 3.05) is 6.61 Å². The van der Waals surface area contributed by atoms with Gasteiger partial charge in [0.25, 0.3) is 0 Å². The van der Waals surface area contributed by atoms with Crippen LogP contribution in [0.3, 0.4) is 0 Å². The smallest absolute Gasteiger partial charge is 0.215 e. The molecule has 0 amide bonds. The molecule has 0 radical (unpaired) electrons. The molecular weight excluding hydrogens is 440 g/mol. The maximum Gasteiger partial charge on any atom is 0.215 e. The second-order valence-corrected chi connectivity index (χ2v) is 8.14. The van der Waals surface area contributed by atoms with E-state index in [0.717, 1.165) is 36.1 Å². The summed E-state index contributed by atoms with van der Waals surface area (Å²) in [6, 6.07) is 25.3. The Morgan fingerprint density at radius 3 is 2.57 bits per heavy atom. The van der Waals surface area contributed by atoms with Crippen molar-refractivity contribution < 1.29 is 9.15 Å². The van der Waals surface area contributed by atoms with Crippen LogP contribution in [0.25, 0.3) is 34.7 Å². The summed E-state index contributed by atoms with van der Waals surface area (Å²) in [4.78, 5) is 12.6. The number of hydrogen-bond acceptors (Lipinski definition) is 6. The van der Waals surface area contributed by atoms with Crippen molar-refractivity contribution in [3.8, 4) is 17.3 Å². The van der Waals surface area contributed by atoms with Gasteiger partial charge in [-0.25, -0.2) is 5.10 Å². The van der Waals surface area contributed by atoms with E-state index in [0.29, 0.717) is 29.2 Å². The molecule has 0 aliphatic carbocycles. The molecule has 0 unspecified atom stereocenters. The Hall–Kier alpha value is -4.52. The molecule has 174 valence electrons. The van der Waals surface area contributed by atoms with Gasteiger partial charge in [0.1, 0.15) is 11.3 Å². The molecule has 0 bridgehead atoms. The van der Waals surface area contributed by atoms with E-state index in [4.69, 9.17) is 9.15 Å². The van der Waals surface area contributed by atoms with E-state index in [1.165, 1.54) is 11.6 Å². The number of tetrazole rings is 1. The van der Waals surface area contributed by atoms with E-state index in [-0.39, 0.29) is 5.43 Å². The number of hydrogen-bond donors (Lipinski definition) is 1. The number of fused-ring (bicyclic) bond motifs is 1. The summed E-state index contributed by atoms with van der Waals surface area (Å²) in [5.74, 6) is 1.44. The summed E-state index contributed by atoms with van der Waals surface area (Å²) >= 11 is 0. The third kappa shape index (κ3) is 5.52. The highest BCUT2D eigenvalue weighted by Gasteiger charge is 2.11. The maximum absolute atomic E-state index is 12.6. The zero-order valence-electron chi connectivity index (χ0n) is 19.1. The Bertz CT molecular complexity index is 1470. The van der Waals surface area contributed by atoms with Crippen LogP contribution in [-0.2, 0) is 6.42 Å². The van der Waals surface area contributed by atoms with Crippen molar-refractivity contribution in [1.29, 1.82) is 0 Å². The largest absolute Gasteiger partial charge is 0.494 e. The van der Waals surface area contributed by atoms with Crippen molar-refractivity contribution in [3.63, 3.8) is 0 Å². The topological polar surface area (TPSA) is 93.9 Å². The second kappa shape index (κ2) is 10.6. The van der Waals surface area contributed by atoms with Crippen molar-refractivity contribution in [2.24, 2.45) is 0 Å². The van der Waals surface area contributed by atoms with Crippen LogP contribution in [0.15, 0.2) is 88.1 Å². The van der Waals surface area contributed by atoms with E-state index in [9.17, 15) is 4.79 Å². The molecule has 0 spiro atoms. The molecule has 2 heterocycles. The van der Waals surface area contributed by atoms with Crippen LogP contribution in [0.5, 0.6) is 5.75 Å². The molecule has 0 saturated heterocycles. The first-order valence-corrected chi connectivity index (χ1v) is 11.5. The molecule has 0 fully saturated rings. The number of para-hydroxylation sites is 1. The lowest BCUT2D eigenvalue weighted by Gasteiger charge is -2.07. The molecule has 7 heteroatoms. The van der Waals surface area contributed by atoms with E-state index in [1.807, 2.05) is 54.6 Å². The molecule has 5 aromatic rings. The van der Waals surface area contributed by atoms with E-state index in [2.05, 4.69) is 44.9 Å². The SMILES string of the molecule is O=c1cc(-c2nnn[nH]2)oc2c(/C=C/c3ccc(OCCCCc4ccccc4)cc3)cccc12. The van der Waals surface area contributed by atoms with Gasteiger partial charge < -0.3 is 9.15 Å². The zero-order valence-corrected chi connectivity index (χ0v) is 19.1. The zero-order chi connectivity index (χ0) is 23.9. The van der Waals surface area contributed by atoms with Gasteiger partial charge in [-0.15, -0.1) is 5.10 Å². The average Bonchev–Trinajstić information content (AvgIpc) is 3.44. The van der Waals surface area contributed by atoms with Crippen LogP contribution < -0.4 is 10.2 Å². The van der Waals surface area contributed by atoms with E-state index in [1.54, 1.807) is 6.07 Å². The number of aromatic amines is 1. The Morgan fingerprint density at radius 2 is 1.77 bits per heavy atom. The molecule has 2 aromatic heterocycles. The van der Waals surface area contributed by atoms with Gasteiger partial charge in [0.2, 0.25) is 5.82 Å². The summed E-state index contributed by atoms with van der Waals surface area (Å²) < 4.78 is 11.9. The first-order valence-electron chi connectivity index (χ1n) is 11.5. The molecule has 0 saturated carbocycles. The number of H-pyrrole nitrogens is 1. The Morgan fingerprint density at radius 1 is 0.914 bits per heavy atom. The van der Waals surface area contributed by atoms with Crippen LogP contribution in [0.2, 0.25) is 0 Å². The van der Waals surface area contributed by atoms with Crippen molar-refractivity contribution in [3.05, 3.63) is 106 Å². The molecule has 1 N–H and O–H groups in total. The summed E-state index contributed by atoms with van der Waals surface area (Å²) in [5.41, 5.74) is 3.49.